The van der Waals surface area contributed by atoms with Crippen molar-refractivity contribution in [2.75, 3.05) is 26.2 Å². The number of halogens is 3. The van der Waals surface area contributed by atoms with E-state index in [-0.39, 0.29) is 41.5 Å². The molecule has 0 bridgehead atoms. The summed E-state index contributed by atoms with van der Waals surface area (Å²) in [6, 6.07) is 5.82. The monoisotopic (exact) mass is 427 g/mol. The molecular weight excluding hydrogens is 405 g/mol. The minimum Gasteiger partial charge on any atom is -0.314 e. The average molecular weight is 429 g/mol. The summed E-state index contributed by atoms with van der Waals surface area (Å²) in [6.45, 7) is 6.15. The summed E-state index contributed by atoms with van der Waals surface area (Å²) in [5.74, 6) is 0. The van der Waals surface area contributed by atoms with E-state index < -0.39 is 0 Å². The molecule has 2 rings (SSSR count). The molecule has 0 aromatic heterocycles. The van der Waals surface area contributed by atoms with Crippen LogP contribution in [0.5, 0.6) is 0 Å². The highest BCUT2D eigenvalue weighted by molar-refractivity contribution is 9.10. The smallest absolute Gasteiger partial charge is 0.283 e. The van der Waals surface area contributed by atoms with Gasteiger partial charge < -0.3 is 5.32 Å². The summed E-state index contributed by atoms with van der Waals surface area (Å²) in [6.07, 6.45) is 3.33. The number of nitrogens with zero attached hydrogens (tertiary/aromatic N) is 2. The van der Waals surface area contributed by atoms with Crippen LogP contribution in [0.25, 0.3) is 0 Å². The molecule has 132 valence electrons. The van der Waals surface area contributed by atoms with Crippen LogP contribution in [-0.2, 0) is 0 Å². The van der Waals surface area contributed by atoms with Gasteiger partial charge in [-0.1, -0.05) is 25.8 Å². The number of nitro groups is 1. The molecule has 1 heterocycles. The van der Waals surface area contributed by atoms with Crippen LogP contribution in [0.15, 0.2) is 22.7 Å². The Kier molecular flexibility index (Phi) is 11.0. The minimum atomic E-state index is -0.317. The van der Waals surface area contributed by atoms with Crippen molar-refractivity contribution in [2.24, 2.45) is 0 Å². The van der Waals surface area contributed by atoms with Crippen LogP contribution in [0.4, 0.5) is 5.69 Å². The Bertz CT molecular complexity index is 500. The molecular formula is C15H24BrCl2N3O2. The van der Waals surface area contributed by atoms with Crippen LogP contribution in [-0.4, -0.2) is 36.0 Å². The van der Waals surface area contributed by atoms with Gasteiger partial charge in [0.15, 0.2) is 0 Å². The van der Waals surface area contributed by atoms with Crippen molar-refractivity contribution in [3.63, 3.8) is 0 Å². The molecule has 5 nitrogen and oxygen atoms in total. The predicted molar refractivity (Wildman–Crippen MR) is 102 cm³/mol. The van der Waals surface area contributed by atoms with E-state index in [2.05, 4.69) is 33.1 Å². The molecule has 1 aromatic carbocycles. The zero-order valence-electron chi connectivity index (χ0n) is 13.2. The second-order valence-corrected chi connectivity index (χ2v) is 6.27. The van der Waals surface area contributed by atoms with E-state index in [1.54, 1.807) is 12.1 Å². The average Bonchev–Trinajstić information content (AvgIpc) is 2.50. The van der Waals surface area contributed by atoms with Gasteiger partial charge in [0.1, 0.15) is 0 Å². The van der Waals surface area contributed by atoms with Crippen molar-refractivity contribution in [2.45, 2.75) is 32.2 Å². The summed E-state index contributed by atoms with van der Waals surface area (Å²) in [4.78, 5) is 13.3. The predicted octanol–water partition coefficient (Wildman–Crippen LogP) is 4.34. The van der Waals surface area contributed by atoms with Crippen molar-refractivity contribution in [3.8, 4) is 0 Å². The Morgan fingerprint density at radius 1 is 1.35 bits per heavy atom. The highest BCUT2D eigenvalue weighted by Gasteiger charge is 2.24. The van der Waals surface area contributed by atoms with Crippen LogP contribution in [0.1, 0.15) is 37.8 Å². The van der Waals surface area contributed by atoms with Gasteiger partial charge >= 0.3 is 0 Å². The van der Waals surface area contributed by atoms with Crippen LogP contribution >= 0.6 is 40.7 Å². The van der Waals surface area contributed by atoms with E-state index in [9.17, 15) is 10.1 Å². The van der Waals surface area contributed by atoms with Crippen molar-refractivity contribution in [1.29, 1.82) is 0 Å². The minimum absolute atomic E-state index is 0. The molecule has 1 fully saturated rings. The van der Waals surface area contributed by atoms with Gasteiger partial charge in [0.2, 0.25) is 0 Å². The van der Waals surface area contributed by atoms with Gasteiger partial charge in [0, 0.05) is 38.3 Å². The molecule has 1 saturated heterocycles. The highest BCUT2D eigenvalue weighted by Crippen LogP contribution is 2.33. The second-order valence-electron chi connectivity index (χ2n) is 5.41. The first-order valence-corrected chi connectivity index (χ1v) is 8.31. The maximum atomic E-state index is 11.1. The summed E-state index contributed by atoms with van der Waals surface area (Å²) in [5, 5.41) is 14.5. The van der Waals surface area contributed by atoms with Crippen LogP contribution in [0.3, 0.4) is 0 Å². The lowest BCUT2D eigenvalue weighted by Crippen LogP contribution is -2.45. The molecule has 0 unspecified atom stereocenters. The lowest BCUT2D eigenvalue weighted by molar-refractivity contribution is -0.385. The zero-order valence-corrected chi connectivity index (χ0v) is 16.4. The number of nitro benzene ring substituents is 1. The summed E-state index contributed by atoms with van der Waals surface area (Å²) >= 11 is 3.26. The van der Waals surface area contributed by atoms with E-state index in [4.69, 9.17) is 0 Å². The Hall–Kier alpha value is -0.400. The van der Waals surface area contributed by atoms with Gasteiger partial charge in [-0.3, -0.25) is 15.0 Å². The number of hydrogen-bond acceptors (Lipinski definition) is 4. The third kappa shape index (κ3) is 6.19. The Morgan fingerprint density at radius 3 is 2.57 bits per heavy atom. The third-order valence-corrected chi connectivity index (χ3v) is 4.65. The SMILES string of the molecule is CCCC[C@H](c1ccc(Br)c([N+](=O)[O-])c1)N1CCNCC1.Cl.Cl. The molecule has 8 heteroatoms. The maximum absolute atomic E-state index is 11.1. The molecule has 0 spiro atoms. The molecule has 1 aromatic rings. The number of nitrogens with one attached hydrogen (secondary N) is 1. The maximum Gasteiger partial charge on any atom is 0.283 e. The largest absolute Gasteiger partial charge is 0.314 e. The molecule has 1 atom stereocenters. The van der Waals surface area contributed by atoms with Crippen molar-refractivity contribution >= 4 is 46.4 Å². The number of benzene rings is 1. The standard InChI is InChI=1S/C15H22BrN3O2.2ClH/c1-2-3-4-14(18-9-7-17-8-10-18)12-5-6-13(16)15(11-12)19(20)21;;/h5-6,11,14,17H,2-4,7-10H2,1H3;2*1H/t14-;;/m1../s1. The van der Waals surface area contributed by atoms with E-state index in [1.165, 1.54) is 0 Å². The fourth-order valence-corrected chi connectivity index (χ4v) is 3.22. The van der Waals surface area contributed by atoms with Crippen LogP contribution in [0.2, 0.25) is 0 Å². The van der Waals surface area contributed by atoms with Gasteiger partial charge in [-0.15, -0.1) is 24.8 Å². The first-order chi connectivity index (χ1) is 10.1. The molecule has 1 N–H and O–H groups in total. The van der Waals surface area contributed by atoms with Gasteiger partial charge in [0.25, 0.3) is 5.69 Å². The normalized spacial score (nSPS) is 16.1. The molecule has 23 heavy (non-hydrogen) atoms. The number of hydrogen-bond donors (Lipinski definition) is 1. The first kappa shape index (κ1) is 22.6. The van der Waals surface area contributed by atoms with Crippen molar-refractivity contribution in [3.05, 3.63) is 38.3 Å². The second kappa shape index (κ2) is 11.2. The fourth-order valence-electron chi connectivity index (χ4n) is 2.83. The van der Waals surface area contributed by atoms with Crippen LogP contribution in [0, 0.1) is 10.1 Å². The number of piperazine rings is 1. The quantitative estimate of drug-likeness (QED) is 0.540. The zero-order chi connectivity index (χ0) is 15.2. The van der Waals surface area contributed by atoms with E-state index >= 15 is 0 Å². The Labute approximate surface area is 158 Å². The van der Waals surface area contributed by atoms with E-state index in [0.29, 0.717) is 4.47 Å². The number of unbranched alkanes of at least 4 members (excludes halogenated alkanes) is 1. The molecule has 0 radical (unpaired) electrons. The Morgan fingerprint density at radius 2 is 2.00 bits per heavy atom. The summed E-state index contributed by atoms with van der Waals surface area (Å²) in [7, 11) is 0. The molecule has 0 aliphatic carbocycles. The molecule has 1 aliphatic heterocycles. The van der Waals surface area contributed by atoms with Crippen molar-refractivity contribution < 1.29 is 4.92 Å². The lowest BCUT2D eigenvalue weighted by atomic mass is 9.98. The summed E-state index contributed by atoms with van der Waals surface area (Å²) in [5.41, 5.74) is 1.21. The van der Waals surface area contributed by atoms with Crippen LogP contribution < -0.4 is 5.32 Å². The third-order valence-electron chi connectivity index (χ3n) is 3.98. The van der Waals surface area contributed by atoms with Crippen molar-refractivity contribution in [1.82, 2.24) is 10.2 Å². The number of rotatable bonds is 6. The molecule has 0 saturated carbocycles. The fraction of sp³-hybridized carbons (Fsp3) is 0.600. The molecule has 1 aliphatic rings. The Balaban J connectivity index is 0.00000242. The van der Waals surface area contributed by atoms with Gasteiger partial charge in [-0.2, -0.15) is 0 Å². The van der Waals surface area contributed by atoms with E-state index in [0.717, 1.165) is 51.0 Å². The topological polar surface area (TPSA) is 58.4 Å². The molecule has 0 amide bonds. The first-order valence-electron chi connectivity index (χ1n) is 7.52. The van der Waals surface area contributed by atoms with Gasteiger partial charge in [-0.25, -0.2) is 0 Å². The highest BCUT2D eigenvalue weighted by atomic mass is 79.9. The van der Waals surface area contributed by atoms with Gasteiger partial charge in [0.05, 0.1) is 9.40 Å². The van der Waals surface area contributed by atoms with E-state index in [1.807, 2.05) is 6.07 Å². The lowest BCUT2D eigenvalue weighted by Gasteiger charge is -2.35. The summed E-state index contributed by atoms with van der Waals surface area (Å²) < 4.78 is 0.547. The van der Waals surface area contributed by atoms with Gasteiger partial charge in [-0.05, 0) is 34.0 Å².